The fraction of sp³-hybridized carbons (Fsp3) is 0.417. The lowest BCUT2D eigenvalue weighted by atomic mass is 9.74. The van der Waals surface area contributed by atoms with E-state index in [2.05, 4.69) is 17.4 Å². The van der Waals surface area contributed by atoms with E-state index in [0.29, 0.717) is 37.7 Å². The van der Waals surface area contributed by atoms with Crippen LogP contribution in [0.4, 0.5) is 0 Å². The largest absolute Gasteiger partial charge is 0.494 e. The first-order chi connectivity index (χ1) is 14.5. The molecule has 0 atom stereocenters. The Labute approximate surface area is 177 Å². The van der Waals surface area contributed by atoms with E-state index in [1.165, 1.54) is 12.5 Å². The van der Waals surface area contributed by atoms with Gasteiger partial charge in [-0.2, -0.15) is 0 Å². The van der Waals surface area contributed by atoms with Crippen molar-refractivity contribution in [3.63, 3.8) is 0 Å². The first-order valence-corrected chi connectivity index (χ1v) is 10.3. The predicted octanol–water partition coefficient (Wildman–Crippen LogP) is 3.53. The van der Waals surface area contributed by atoms with Crippen LogP contribution in [0.3, 0.4) is 0 Å². The summed E-state index contributed by atoms with van der Waals surface area (Å²) in [5, 5.41) is 3.02. The molecule has 0 saturated carbocycles. The number of rotatable bonds is 9. The fourth-order valence-corrected chi connectivity index (χ4v) is 3.67. The predicted molar refractivity (Wildman–Crippen MR) is 114 cm³/mol. The highest BCUT2D eigenvalue weighted by Crippen LogP contribution is 2.35. The van der Waals surface area contributed by atoms with Gasteiger partial charge in [0.15, 0.2) is 12.4 Å². The van der Waals surface area contributed by atoms with Crippen LogP contribution in [-0.2, 0) is 14.9 Å². The van der Waals surface area contributed by atoms with Gasteiger partial charge in [-0.1, -0.05) is 24.3 Å². The van der Waals surface area contributed by atoms with E-state index >= 15 is 0 Å². The monoisotopic (exact) mass is 411 g/mol. The third-order valence-electron chi connectivity index (χ3n) is 5.46. The molecule has 0 aromatic heterocycles. The summed E-state index contributed by atoms with van der Waals surface area (Å²) in [6.07, 6.45) is 1.67. The Morgan fingerprint density at radius 1 is 1.03 bits per heavy atom. The maximum atomic E-state index is 12.4. The van der Waals surface area contributed by atoms with Crippen LogP contribution in [0.5, 0.6) is 11.5 Å². The van der Waals surface area contributed by atoms with E-state index in [1.54, 1.807) is 24.3 Å². The van der Waals surface area contributed by atoms with E-state index in [4.69, 9.17) is 14.2 Å². The normalized spacial score (nSPS) is 15.3. The molecular formula is C24H29NO5. The van der Waals surface area contributed by atoms with Crippen molar-refractivity contribution in [2.75, 3.05) is 33.0 Å². The van der Waals surface area contributed by atoms with Crippen molar-refractivity contribution >= 4 is 11.7 Å². The molecule has 6 nitrogen and oxygen atoms in total. The van der Waals surface area contributed by atoms with Crippen LogP contribution < -0.4 is 14.8 Å². The maximum absolute atomic E-state index is 12.4. The van der Waals surface area contributed by atoms with Crippen molar-refractivity contribution in [3.8, 4) is 11.5 Å². The number of Topliss-reactive ketones (excluding diaryl/α,β-unsaturated/α-hetero) is 1. The summed E-state index contributed by atoms with van der Waals surface area (Å²) in [5.74, 6) is 1.11. The molecule has 2 aromatic carbocycles. The lowest BCUT2D eigenvalue weighted by molar-refractivity contribution is -0.123. The Kier molecular flexibility index (Phi) is 7.46. The van der Waals surface area contributed by atoms with Gasteiger partial charge >= 0.3 is 0 Å². The lowest BCUT2D eigenvalue weighted by Gasteiger charge is -2.38. The molecule has 1 fully saturated rings. The van der Waals surface area contributed by atoms with Gasteiger partial charge in [0.25, 0.3) is 5.91 Å². The fourth-order valence-electron chi connectivity index (χ4n) is 3.67. The molecule has 1 aliphatic rings. The number of ketones is 1. The van der Waals surface area contributed by atoms with Gasteiger partial charge in [-0.15, -0.1) is 0 Å². The van der Waals surface area contributed by atoms with Crippen molar-refractivity contribution < 1.29 is 23.8 Å². The van der Waals surface area contributed by atoms with Gasteiger partial charge in [0, 0.05) is 30.7 Å². The molecule has 160 valence electrons. The number of nitrogens with one attached hydrogen (secondary N) is 1. The second-order valence-corrected chi connectivity index (χ2v) is 7.50. The van der Waals surface area contributed by atoms with Gasteiger partial charge in [0.1, 0.15) is 11.5 Å². The highest BCUT2D eigenvalue weighted by Gasteiger charge is 2.35. The number of hydrogen-bond donors (Lipinski definition) is 1. The second kappa shape index (κ2) is 10.3. The lowest BCUT2D eigenvalue weighted by Crippen LogP contribution is -2.45. The molecule has 30 heavy (non-hydrogen) atoms. The first kappa shape index (κ1) is 21.8. The van der Waals surface area contributed by atoms with Crippen molar-refractivity contribution in [1.29, 1.82) is 0 Å². The third kappa shape index (κ3) is 5.60. The molecule has 0 spiro atoms. The minimum absolute atomic E-state index is 0.0401. The summed E-state index contributed by atoms with van der Waals surface area (Å²) in [7, 11) is 0. The second-order valence-electron chi connectivity index (χ2n) is 7.50. The smallest absolute Gasteiger partial charge is 0.257 e. The zero-order valence-corrected chi connectivity index (χ0v) is 17.6. The van der Waals surface area contributed by atoms with Gasteiger partial charge in [0.05, 0.1) is 6.61 Å². The van der Waals surface area contributed by atoms with E-state index in [1.807, 2.05) is 19.1 Å². The molecule has 2 aromatic rings. The average molecular weight is 411 g/mol. The van der Waals surface area contributed by atoms with Gasteiger partial charge in [-0.25, -0.2) is 0 Å². The number of amides is 1. The van der Waals surface area contributed by atoms with E-state index in [-0.39, 0.29) is 23.7 Å². The number of carbonyl (C=O) groups excluding carboxylic acids is 2. The quantitative estimate of drug-likeness (QED) is 0.639. The minimum Gasteiger partial charge on any atom is -0.494 e. The summed E-state index contributed by atoms with van der Waals surface area (Å²) in [6, 6.07) is 15.0. The summed E-state index contributed by atoms with van der Waals surface area (Å²) in [5.41, 5.74) is 1.56. The number of ether oxygens (including phenoxy) is 3. The summed E-state index contributed by atoms with van der Waals surface area (Å²) < 4.78 is 16.7. The summed E-state index contributed by atoms with van der Waals surface area (Å²) >= 11 is 0. The standard InChI is InChI=1S/C24H29NO5/c1-3-29-21-9-7-20(8-10-21)24(11-13-28-14-12-24)17-25-23(27)16-30-22-6-4-5-19(15-22)18(2)26/h4-10,15H,3,11-14,16-17H2,1-2H3,(H,25,27). The molecule has 1 heterocycles. The van der Waals surface area contributed by atoms with Crippen LogP contribution in [0.1, 0.15) is 42.6 Å². The van der Waals surface area contributed by atoms with Gasteiger partial charge < -0.3 is 19.5 Å². The van der Waals surface area contributed by atoms with E-state index in [9.17, 15) is 9.59 Å². The first-order valence-electron chi connectivity index (χ1n) is 10.3. The summed E-state index contributed by atoms with van der Waals surface area (Å²) in [6.45, 7) is 5.83. The zero-order chi connectivity index (χ0) is 21.4. The number of benzene rings is 2. The van der Waals surface area contributed by atoms with Crippen LogP contribution >= 0.6 is 0 Å². The van der Waals surface area contributed by atoms with E-state index in [0.717, 1.165) is 18.6 Å². The topological polar surface area (TPSA) is 73.9 Å². The van der Waals surface area contributed by atoms with Crippen LogP contribution in [0.15, 0.2) is 48.5 Å². The van der Waals surface area contributed by atoms with Gasteiger partial charge in [-0.3, -0.25) is 9.59 Å². The molecule has 0 unspecified atom stereocenters. The Hall–Kier alpha value is -2.86. The molecule has 1 aliphatic heterocycles. The number of hydrogen-bond acceptors (Lipinski definition) is 5. The molecule has 0 radical (unpaired) electrons. The zero-order valence-electron chi connectivity index (χ0n) is 17.6. The molecule has 0 aliphatic carbocycles. The van der Waals surface area contributed by atoms with Crippen molar-refractivity contribution in [2.45, 2.75) is 32.1 Å². The average Bonchev–Trinajstić information content (AvgIpc) is 2.78. The molecular weight excluding hydrogens is 382 g/mol. The van der Waals surface area contributed by atoms with Crippen LogP contribution in [0.25, 0.3) is 0 Å². The highest BCUT2D eigenvalue weighted by atomic mass is 16.5. The van der Waals surface area contributed by atoms with Crippen molar-refractivity contribution in [1.82, 2.24) is 5.32 Å². The molecule has 0 bridgehead atoms. The molecule has 1 saturated heterocycles. The van der Waals surface area contributed by atoms with Gasteiger partial charge in [0.2, 0.25) is 0 Å². The Morgan fingerprint density at radius 2 is 1.77 bits per heavy atom. The van der Waals surface area contributed by atoms with Crippen molar-refractivity contribution in [3.05, 3.63) is 59.7 Å². The summed E-state index contributed by atoms with van der Waals surface area (Å²) in [4.78, 5) is 23.9. The van der Waals surface area contributed by atoms with Crippen LogP contribution in [0.2, 0.25) is 0 Å². The Morgan fingerprint density at radius 3 is 2.43 bits per heavy atom. The number of carbonyl (C=O) groups is 2. The Bertz CT molecular complexity index is 856. The maximum Gasteiger partial charge on any atom is 0.257 e. The molecule has 6 heteroatoms. The molecule has 1 N–H and O–H groups in total. The third-order valence-corrected chi connectivity index (χ3v) is 5.46. The highest BCUT2D eigenvalue weighted by molar-refractivity contribution is 5.94. The van der Waals surface area contributed by atoms with Crippen molar-refractivity contribution in [2.24, 2.45) is 0 Å². The minimum atomic E-state index is -0.194. The molecule has 3 rings (SSSR count). The Balaban J connectivity index is 1.61. The molecule has 1 amide bonds. The van der Waals surface area contributed by atoms with Gasteiger partial charge in [-0.05, 0) is 56.5 Å². The van der Waals surface area contributed by atoms with Crippen LogP contribution in [-0.4, -0.2) is 44.7 Å². The van der Waals surface area contributed by atoms with Crippen LogP contribution in [0, 0.1) is 0 Å². The SMILES string of the molecule is CCOc1ccc(C2(CNC(=O)COc3cccc(C(C)=O)c3)CCOCC2)cc1. The van der Waals surface area contributed by atoms with E-state index < -0.39 is 0 Å².